The maximum atomic E-state index is 12.9. The average Bonchev–Trinajstić information content (AvgIpc) is 3.25. The van der Waals surface area contributed by atoms with Crippen molar-refractivity contribution in [1.29, 1.82) is 0 Å². The van der Waals surface area contributed by atoms with Crippen molar-refractivity contribution in [2.24, 2.45) is 0 Å². The van der Waals surface area contributed by atoms with Gasteiger partial charge in [0.2, 0.25) is 0 Å². The van der Waals surface area contributed by atoms with Crippen molar-refractivity contribution in [1.82, 2.24) is 29.9 Å². The molecule has 8 heteroatoms. The molecule has 2 aromatic carbocycles. The second-order valence-corrected chi connectivity index (χ2v) is 9.23. The highest BCUT2D eigenvalue weighted by atomic mass is 16.2. The number of carbonyl (C=O) groups is 1. The van der Waals surface area contributed by atoms with Gasteiger partial charge in [-0.2, -0.15) is 0 Å². The third-order valence-corrected chi connectivity index (χ3v) is 6.68. The number of rotatable bonds is 4. The number of hydrogen-bond acceptors (Lipinski definition) is 5. The maximum Gasteiger partial charge on any atom is 0.281 e. The molecule has 0 aliphatic carbocycles. The number of amides is 1. The maximum absolute atomic E-state index is 12.9. The number of aromatic nitrogens is 5. The Labute approximate surface area is 197 Å². The van der Waals surface area contributed by atoms with Gasteiger partial charge >= 0.3 is 0 Å². The second-order valence-electron chi connectivity index (χ2n) is 9.23. The minimum atomic E-state index is -0.273. The quantitative estimate of drug-likeness (QED) is 0.507. The minimum Gasteiger partial charge on any atom is -0.339 e. The molecule has 1 aliphatic heterocycles. The van der Waals surface area contributed by atoms with E-state index in [1.54, 1.807) is 4.68 Å². The molecular weight excluding hydrogens is 428 g/mol. The Kier molecular flexibility index (Phi) is 5.73. The zero-order valence-corrected chi connectivity index (χ0v) is 19.7. The van der Waals surface area contributed by atoms with Crippen LogP contribution in [0.25, 0.3) is 11.2 Å². The molecule has 174 valence electrons. The Bertz CT molecular complexity index is 1410. The number of benzene rings is 2. The summed E-state index contributed by atoms with van der Waals surface area (Å²) >= 11 is 0. The van der Waals surface area contributed by atoms with Crippen molar-refractivity contribution >= 4 is 17.1 Å². The largest absolute Gasteiger partial charge is 0.339 e. The fraction of sp³-hybridized carbons (Fsp3) is 0.346. The molecule has 0 radical (unpaired) electrons. The highest BCUT2D eigenvalue weighted by molar-refractivity contribution is 5.94. The fourth-order valence-electron chi connectivity index (χ4n) is 4.55. The Morgan fingerprint density at radius 3 is 2.47 bits per heavy atom. The third kappa shape index (κ3) is 4.23. The fourth-order valence-corrected chi connectivity index (χ4v) is 4.55. The molecule has 5 rings (SSSR count). The van der Waals surface area contributed by atoms with E-state index in [1.165, 1.54) is 5.56 Å². The molecule has 1 fully saturated rings. The molecular formula is C26H28N6O2. The first-order valence-electron chi connectivity index (χ1n) is 11.6. The van der Waals surface area contributed by atoms with Crippen LogP contribution in [0.2, 0.25) is 0 Å². The normalized spacial score (nSPS) is 14.6. The van der Waals surface area contributed by atoms with Gasteiger partial charge in [-0.15, -0.1) is 5.10 Å². The number of hydrogen-bond donors (Lipinski definition) is 1. The number of H-pyrrole nitrogens is 1. The van der Waals surface area contributed by atoms with E-state index in [9.17, 15) is 9.59 Å². The van der Waals surface area contributed by atoms with Gasteiger partial charge in [-0.25, -0.2) is 9.67 Å². The highest BCUT2D eigenvalue weighted by Gasteiger charge is 2.27. The molecule has 0 atom stereocenters. The predicted molar refractivity (Wildman–Crippen MR) is 130 cm³/mol. The Morgan fingerprint density at radius 2 is 1.74 bits per heavy atom. The number of aryl methyl sites for hydroxylation is 3. The van der Waals surface area contributed by atoms with Crippen LogP contribution in [0.1, 0.15) is 57.2 Å². The number of fused-ring (bicyclic) bond motifs is 1. The predicted octanol–water partition coefficient (Wildman–Crippen LogP) is 3.51. The standard InChI is InChI=1S/C26H28N6O2/c1-16-5-8-20(9-6-16)26(34)31-12-10-19(11-13-31)23-27-24-22(25(33)28-23)29-30-32(24)15-21-14-17(2)4-7-18(21)3/h4-9,14,19H,10-13,15H2,1-3H3,(H,27,28,33). The lowest BCUT2D eigenvalue weighted by molar-refractivity contribution is 0.0711. The van der Waals surface area contributed by atoms with Gasteiger partial charge in [-0.1, -0.05) is 46.7 Å². The van der Waals surface area contributed by atoms with E-state index in [1.807, 2.05) is 36.1 Å². The first-order valence-corrected chi connectivity index (χ1v) is 11.6. The van der Waals surface area contributed by atoms with Gasteiger partial charge in [-0.05, 0) is 56.9 Å². The molecule has 34 heavy (non-hydrogen) atoms. The van der Waals surface area contributed by atoms with E-state index in [2.05, 4.69) is 47.3 Å². The van der Waals surface area contributed by atoms with Crippen molar-refractivity contribution in [3.63, 3.8) is 0 Å². The lowest BCUT2D eigenvalue weighted by Gasteiger charge is -2.31. The Hall–Kier alpha value is -3.81. The summed E-state index contributed by atoms with van der Waals surface area (Å²) in [7, 11) is 0. The summed E-state index contributed by atoms with van der Waals surface area (Å²) in [4.78, 5) is 35.2. The number of likely N-dealkylation sites (tertiary alicyclic amines) is 1. The average molecular weight is 457 g/mol. The number of nitrogens with zero attached hydrogens (tertiary/aromatic N) is 5. The van der Waals surface area contributed by atoms with Crippen molar-refractivity contribution in [3.8, 4) is 0 Å². The van der Waals surface area contributed by atoms with Gasteiger partial charge in [0, 0.05) is 24.6 Å². The number of aromatic amines is 1. The van der Waals surface area contributed by atoms with Crippen LogP contribution >= 0.6 is 0 Å². The van der Waals surface area contributed by atoms with E-state index in [0.717, 1.165) is 29.5 Å². The summed E-state index contributed by atoms with van der Waals surface area (Å²) < 4.78 is 1.70. The van der Waals surface area contributed by atoms with E-state index in [4.69, 9.17) is 4.98 Å². The Balaban J connectivity index is 1.36. The molecule has 0 unspecified atom stereocenters. The number of nitrogens with one attached hydrogen (secondary N) is 1. The van der Waals surface area contributed by atoms with Crippen molar-refractivity contribution in [2.75, 3.05) is 13.1 Å². The second kappa shape index (κ2) is 8.85. The van der Waals surface area contributed by atoms with Crippen molar-refractivity contribution in [2.45, 2.75) is 46.1 Å². The Morgan fingerprint density at radius 1 is 1.03 bits per heavy atom. The number of piperidine rings is 1. The smallest absolute Gasteiger partial charge is 0.281 e. The van der Waals surface area contributed by atoms with Crippen LogP contribution < -0.4 is 5.56 Å². The van der Waals surface area contributed by atoms with Crippen LogP contribution in [-0.2, 0) is 6.54 Å². The third-order valence-electron chi connectivity index (χ3n) is 6.68. The summed E-state index contributed by atoms with van der Waals surface area (Å²) in [5.41, 5.74) is 5.77. The van der Waals surface area contributed by atoms with Crippen molar-refractivity contribution in [3.05, 3.63) is 86.5 Å². The summed E-state index contributed by atoms with van der Waals surface area (Å²) in [6.45, 7) is 7.88. The summed E-state index contributed by atoms with van der Waals surface area (Å²) in [6, 6.07) is 14.0. The van der Waals surface area contributed by atoms with Gasteiger partial charge in [0.05, 0.1) is 6.54 Å². The zero-order chi connectivity index (χ0) is 23.8. The zero-order valence-electron chi connectivity index (χ0n) is 19.7. The van der Waals surface area contributed by atoms with Crippen LogP contribution in [0.4, 0.5) is 0 Å². The minimum absolute atomic E-state index is 0.0474. The van der Waals surface area contributed by atoms with Gasteiger partial charge in [0.15, 0.2) is 11.2 Å². The summed E-state index contributed by atoms with van der Waals surface area (Å²) in [5, 5.41) is 8.30. The summed E-state index contributed by atoms with van der Waals surface area (Å²) in [6.07, 6.45) is 1.48. The molecule has 1 amide bonds. The van der Waals surface area contributed by atoms with Crippen LogP contribution in [-0.4, -0.2) is 48.9 Å². The molecule has 0 spiro atoms. The van der Waals surface area contributed by atoms with Gasteiger partial charge < -0.3 is 9.88 Å². The van der Waals surface area contributed by atoms with Gasteiger partial charge in [0.1, 0.15) is 5.82 Å². The topological polar surface area (TPSA) is 96.8 Å². The highest BCUT2D eigenvalue weighted by Crippen LogP contribution is 2.27. The first kappa shape index (κ1) is 22.0. The van der Waals surface area contributed by atoms with Crippen LogP contribution in [0.3, 0.4) is 0 Å². The SMILES string of the molecule is Cc1ccc(C(=O)N2CCC(c3nc4c(nnn4Cc4cc(C)ccc4C)c(=O)[nH]3)CC2)cc1. The lowest BCUT2D eigenvalue weighted by atomic mass is 9.95. The van der Waals surface area contributed by atoms with Crippen LogP contribution in [0.15, 0.2) is 47.3 Å². The van der Waals surface area contributed by atoms with E-state index < -0.39 is 0 Å². The lowest BCUT2D eigenvalue weighted by Crippen LogP contribution is -2.38. The number of carbonyl (C=O) groups excluding carboxylic acids is 1. The molecule has 4 aromatic rings. The van der Waals surface area contributed by atoms with Gasteiger partial charge in [0.25, 0.3) is 11.5 Å². The molecule has 1 aliphatic rings. The molecule has 1 N–H and O–H groups in total. The van der Waals surface area contributed by atoms with E-state index in [-0.39, 0.29) is 22.9 Å². The molecule has 8 nitrogen and oxygen atoms in total. The molecule has 0 bridgehead atoms. The van der Waals surface area contributed by atoms with E-state index >= 15 is 0 Å². The molecule has 2 aromatic heterocycles. The van der Waals surface area contributed by atoms with Gasteiger partial charge in [-0.3, -0.25) is 9.59 Å². The molecule has 0 saturated carbocycles. The molecule has 3 heterocycles. The van der Waals surface area contributed by atoms with Crippen LogP contribution in [0, 0.1) is 20.8 Å². The van der Waals surface area contributed by atoms with Crippen molar-refractivity contribution < 1.29 is 4.79 Å². The first-order chi connectivity index (χ1) is 16.4. The summed E-state index contributed by atoms with van der Waals surface area (Å²) in [5.74, 6) is 0.763. The van der Waals surface area contributed by atoms with E-state index in [0.29, 0.717) is 36.7 Å². The molecule has 1 saturated heterocycles. The van der Waals surface area contributed by atoms with Crippen LogP contribution in [0.5, 0.6) is 0 Å². The monoisotopic (exact) mass is 456 g/mol.